The highest BCUT2D eigenvalue weighted by atomic mass is 32.1. The first kappa shape index (κ1) is 15.2. The minimum Gasteiger partial charge on any atom is -0.391 e. The highest BCUT2D eigenvalue weighted by Crippen LogP contribution is 2.29. The van der Waals surface area contributed by atoms with E-state index in [9.17, 15) is 9.90 Å². The molecule has 0 aromatic carbocycles. The van der Waals surface area contributed by atoms with E-state index in [1.165, 1.54) is 11.3 Å². The standard InChI is InChI=1S/C14H18N2O2S2/c1-8(2)11(17)6-15-13(18)12-9(3)16-14(20-12)10-4-5-19-7-10/h4-5,7-8,11,17H,6H2,1-3H3,(H,15,18). The Balaban J connectivity index is 2.07. The fourth-order valence-corrected chi connectivity index (χ4v) is 3.32. The molecule has 20 heavy (non-hydrogen) atoms. The SMILES string of the molecule is Cc1nc(-c2ccsc2)sc1C(=O)NCC(O)C(C)C. The molecule has 108 valence electrons. The van der Waals surface area contributed by atoms with E-state index >= 15 is 0 Å². The van der Waals surface area contributed by atoms with Crippen molar-refractivity contribution in [1.29, 1.82) is 0 Å². The monoisotopic (exact) mass is 310 g/mol. The minimum absolute atomic E-state index is 0.124. The van der Waals surface area contributed by atoms with Gasteiger partial charge in [0.15, 0.2) is 0 Å². The van der Waals surface area contributed by atoms with E-state index in [0.717, 1.165) is 16.3 Å². The minimum atomic E-state index is -0.525. The zero-order valence-electron chi connectivity index (χ0n) is 11.7. The number of aryl methyl sites for hydroxylation is 1. The number of nitrogens with one attached hydrogen (secondary N) is 1. The summed E-state index contributed by atoms with van der Waals surface area (Å²) in [6, 6.07) is 1.99. The fourth-order valence-electron chi connectivity index (χ4n) is 1.63. The van der Waals surface area contributed by atoms with E-state index in [4.69, 9.17) is 0 Å². The summed E-state index contributed by atoms with van der Waals surface area (Å²) < 4.78 is 0. The van der Waals surface area contributed by atoms with Crippen molar-refractivity contribution in [2.24, 2.45) is 5.92 Å². The number of hydrogen-bond donors (Lipinski definition) is 2. The zero-order chi connectivity index (χ0) is 14.7. The molecule has 6 heteroatoms. The average molecular weight is 310 g/mol. The van der Waals surface area contributed by atoms with Crippen molar-refractivity contribution in [3.05, 3.63) is 27.4 Å². The van der Waals surface area contributed by atoms with Gasteiger partial charge in [0.1, 0.15) is 9.88 Å². The lowest BCUT2D eigenvalue weighted by molar-refractivity contribution is 0.0874. The Kier molecular flexibility index (Phi) is 4.91. The van der Waals surface area contributed by atoms with Gasteiger partial charge in [-0.1, -0.05) is 13.8 Å². The number of aromatic nitrogens is 1. The first-order valence-electron chi connectivity index (χ1n) is 6.45. The van der Waals surface area contributed by atoms with Crippen molar-refractivity contribution < 1.29 is 9.90 Å². The smallest absolute Gasteiger partial charge is 0.263 e. The van der Waals surface area contributed by atoms with Gasteiger partial charge in [0.05, 0.1) is 11.8 Å². The first-order valence-corrected chi connectivity index (χ1v) is 8.21. The third-order valence-electron chi connectivity index (χ3n) is 3.01. The maximum atomic E-state index is 12.1. The van der Waals surface area contributed by atoms with Gasteiger partial charge in [-0.3, -0.25) is 4.79 Å². The molecule has 1 atom stereocenters. The molecule has 2 aromatic heterocycles. The fraction of sp³-hybridized carbons (Fsp3) is 0.429. The van der Waals surface area contributed by atoms with Crippen molar-refractivity contribution >= 4 is 28.6 Å². The van der Waals surface area contributed by atoms with Crippen molar-refractivity contribution in [3.63, 3.8) is 0 Å². The van der Waals surface area contributed by atoms with Crippen LogP contribution in [0.15, 0.2) is 16.8 Å². The van der Waals surface area contributed by atoms with Crippen LogP contribution in [-0.4, -0.2) is 28.6 Å². The number of rotatable bonds is 5. The summed E-state index contributed by atoms with van der Waals surface area (Å²) >= 11 is 3.00. The molecule has 0 aliphatic heterocycles. The summed E-state index contributed by atoms with van der Waals surface area (Å²) in [5.74, 6) is -0.0413. The number of aliphatic hydroxyl groups excluding tert-OH is 1. The third kappa shape index (κ3) is 3.45. The second-order valence-corrected chi connectivity index (χ2v) is 6.75. The van der Waals surface area contributed by atoms with Crippen molar-refractivity contribution in [1.82, 2.24) is 10.3 Å². The van der Waals surface area contributed by atoms with Crippen LogP contribution in [0.2, 0.25) is 0 Å². The van der Waals surface area contributed by atoms with E-state index in [2.05, 4.69) is 10.3 Å². The van der Waals surface area contributed by atoms with Crippen LogP contribution in [0.3, 0.4) is 0 Å². The first-order chi connectivity index (χ1) is 9.49. The molecule has 1 amide bonds. The van der Waals surface area contributed by atoms with Crippen molar-refractivity contribution in [2.45, 2.75) is 26.9 Å². The summed E-state index contributed by atoms with van der Waals surface area (Å²) in [6.45, 7) is 5.94. The normalized spacial score (nSPS) is 12.7. The van der Waals surface area contributed by atoms with Gasteiger partial charge in [0.25, 0.3) is 5.91 Å². The van der Waals surface area contributed by atoms with Crippen LogP contribution in [-0.2, 0) is 0 Å². The number of thiazole rings is 1. The van der Waals surface area contributed by atoms with E-state index in [1.807, 2.05) is 37.6 Å². The Morgan fingerprint density at radius 1 is 1.50 bits per heavy atom. The lowest BCUT2D eigenvalue weighted by Gasteiger charge is -2.14. The molecule has 0 bridgehead atoms. The molecule has 0 fully saturated rings. The number of carbonyl (C=O) groups excluding carboxylic acids is 1. The summed E-state index contributed by atoms with van der Waals surface area (Å²) in [4.78, 5) is 17.2. The predicted octanol–water partition coefficient (Wildman–Crippen LogP) is 2.93. The maximum absolute atomic E-state index is 12.1. The molecule has 0 aliphatic rings. The molecule has 4 nitrogen and oxygen atoms in total. The molecule has 2 aromatic rings. The summed E-state index contributed by atoms with van der Waals surface area (Å²) in [7, 11) is 0. The van der Waals surface area contributed by atoms with Gasteiger partial charge in [-0.15, -0.1) is 11.3 Å². The van der Waals surface area contributed by atoms with Gasteiger partial charge in [0, 0.05) is 17.5 Å². The quantitative estimate of drug-likeness (QED) is 0.892. The molecule has 0 saturated carbocycles. The van der Waals surface area contributed by atoms with Crippen LogP contribution in [0.25, 0.3) is 10.6 Å². The second kappa shape index (κ2) is 6.47. The number of amides is 1. The molecular formula is C14H18N2O2S2. The van der Waals surface area contributed by atoms with E-state index in [0.29, 0.717) is 4.88 Å². The Morgan fingerprint density at radius 3 is 2.85 bits per heavy atom. The number of hydrogen-bond acceptors (Lipinski definition) is 5. The molecule has 2 heterocycles. The van der Waals surface area contributed by atoms with Gasteiger partial charge in [0.2, 0.25) is 0 Å². The lowest BCUT2D eigenvalue weighted by Crippen LogP contribution is -2.34. The topological polar surface area (TPSA) is 62.2 Å². The molecular weight excluding hydrogens is 292 g/mol. The Bertz CT molecular complexity index is 576. The Morgan fingerprint density at radius 2 is 2.25 bits per heavy atom. The van der Waals surface area contributed by atoms with E-state index < -0.39 is 6.10 Å². The lowest BCUT2D eigenvalue weighted by atomic mass is 10.1. The Labute approximate surface area is 126 Å². The number of carbonyl (C=O) groups is 1. The van der Waals surface area contributed by atoms with Crippen LogP contribution >= 0.6 is 22.7 Å². The highest BCUT2D eigenvalue weighted by Gasteiger charge is 2.18. The second-order valence-electron chi connectivity index (χ2n) is 4.97. The van der Waals surface area contributed by atoms with Crippen molar-refractivity contribution in [3.8, 4) is 10.6 Å². The highest BCUT2D eigenvalue weighted by molar-refractivity contribution is 7.17. The van der Waals surface area contributed by atoms with E-state index in [1.54, 1.807) is 11.3 Å². The van der Waals surface area contributed by atoms with Gasteiger partial charge >= 0.3 is 0 Å². The van der Waals surface area contributed by atoms with E-state index in [-0.39, 0.29) is 18.4 Å². The Hall–Kier alpha value is -1.24. The summed E-state index contributed by atoms with van der Waals surface area (Å²) in [5.41, 5.74) is 1.78. The number of aliphatic hydroxyl groups is 1. The molecule has 0 radical (unpaired) electrons. The largest absolute Gasteiger partial charge is 0.391 e. The summed E-state index contributed by atoms with van der Waals surface area (Å²) in [6.07, 6.45) is -0.525. The molecule has 1 unspecified atom stereocenters. The van der Waals surface area contributed by atoms with Crippen LogP contribution in [0, 0.1) is 12.8 Å². The van der Waals surface area contributed by atoms with Crippen LogP contribution < -0.4 is 5.32 Å². The molecule has 0 aliphatic carbocycles. The molecule has 0 spiro atoms. The average Bonchev–Trinajstić information content (AvgIpc) is 3.04. The van der Waals surface area contributed by atoms with Crippen LogP contribution in [0.4, 0.5) is 0 Å². The van der Waals surface area contributed by atoms with Gasteiger partial charge in [-0.2, -0.15) is 11.3 Å². The number of thiophene rings is 1. The molecule has 2 rings (SSSR count). The van der Waals surface area contributed by atoms with Crippen molar-refractivity contribution in [2.75, 3.05) is 6.54 Å². The number of nitrogens with zero attached hydrogens (tertiary/aromatic N) is 1. The predicted molar refractivity (Wildman–Crippen MR) is 83.3 cm³/mol. The van der Waals surface area contributed by atoms with Gasteiger partial charge in [-0.05, 0) is 24.3 Å². The van der Waals surface area contributed by atoms with Gasteiger partial charge in [-0.25, -0.2) is 4.98 Å². The molecule has 0 saturated heterocycles. The van der Waals surface area contributed by atoms with Crippen LogP contribution in [0.5, 0.6) is 0 Å². The van der Waals surface area contributed by atoms with Gasteiger partial charge < -0.3 is 10.4 Å². The van der Waals surface area contributed by atoms with Crippen LogP contribution in [0.1, 0.15) is 29.2 Å². The zero-order valence-corrected chi connectivity index (χ0v) is 13.3. The summed E-state index contributed by atoms with van der Waals surface area (Å²) in [5, 5.41) is 17.4. The maximum Gasteiger partial charge on any atom is 0.263 e. The third-order valence-corrected chi connectivity index (χ3v) is 4.90. The molecule has 2 N–H and O–H groups in total.